The molecule has 1 heterocycles. The summed E-state index contributed by atoms with van der Waals surface area (Å²) in [6.07, 6.45) is 3.19. The molecule has 0 saturated carbocycles. The molecule has 0 fully saturated rings. The summed E-state index contributed by atoms with van der Waals surface area (Å²) in [5, 5.41) is 32.4. The first-order valence-corrected chi connectivity index (χ1v) is 8.92. The van der Waals surface area contributed by atoms with E-state index in [-0.39, 0.29) is 32.0 Å². The highest BCUT2D eigenvalue weighted by Crippen LogP contribution is 1.98. The minimum atomic E-state index is -0.870. The van der Waals surface area contributed by atoms with Gasteiger partial charge in [-0.05, 0) is 19.8 Å². The van der Waals surface area contributed by atoms with E-state index < -0.39 is 23.9 Å². The maximum atomic E-state index is 10.2. The van der Waals surface area contributed by atoms with Crippen molar-refractivity contribution in [3.63, 3.8) is 0 Å². The van der Waals surface area contributed by atoms with E-state index in [4.69, 9.17) is 20.4 Å². The van der Waals surface area contributed by atoms with Crippen molar-refractivity contribution < 1.29 is 58.6 Å². The second kappa shape index (κ2) is 23.2. The summed E-state index contributed by atoms with van der Waals surface area (Å²) >= 11 is 0. The van der Waals surface area contributed by atoms with Crippen LogP contribution in [-0.4, -0.2) is 83.8 Å². The average Bonchev–Trinajstić information content (AvgIpc) is 3.09. The Morgan fingerprint density at radius 3 is 1.48 bits per heavy atom. The third-order valence-electron chi connectivity index (χ3n) is 2.59. The van der Waals surface area contributed by atoms with E-state index in [2.05, 4.69) is 20.8 Å². The Morgan fingerprint density at radius 2 is 1.32 bits per heavy atom. The SMILES string of the molecule is C=C(C)C(=O)OC.O=C(O)CCCCC(=O)O.O=C1C=CC(=O)O1.OCCOCCO. The molecule has 0 aliphatic carbocycles. The van der Waals surface area contributed by atoms with Crippen molar-refractivity contribution in [2.75, 3.05) is 33.5 Å². The number of carboxylic acids is 2. The second-order valence-electron chi connectivity index (χ2n) is 5.40. The molecule has 0 radical (unpaired) electrons. The number of ether oxygens (including phenoxy) is 3. The molecule has 12 nitrogen and oxygen atoms in total. The number of esters is 3. The normalized spacial score (nSPS) is 10.8. The number of hydrogen-bond acceptors (Lipinski definition) is 10. The summed E-state index contributed by atoms with van der Waals surface area (Å²) in [5.41, 5.74) is 0.433. The minimum Gasteiger partial charge on any atom is -0.481 e. The summed E-state index contributed by atoms with van der Waals surface area (Å²) in [5.74, 6) is -3.24. The van der Waals surface area contributed by atoms with Gasteiger partial charge in [-0.1, -0.05) is 6.58 Å². The van der Waals surface area contributed by atoms with Crippen LogP contribution in [0.1, 0.15) is 32.6 Å². The van der Waals surface area contributed by atoms with Crippen molar-refractivity contribution in [3.8, 4) is 0 Å². The molecular formula is C19H30O12. The van der Waals surface area contributed by atoms with E-state index in [1.54, 1.807) is 6.92 Å². The first kappa shape index (κ1) is 32.6. The lowest BCUT2D eigenvalue weighted by atomic mass is 10.2. The fourth-order valence-electron chi connectivity index (χ4n) is 1.26. The van der Waals surface area contributed by atoms with Crippen LogP contribution in [0.3, 0.4) is 0 Å². The third-order valence-corrected chi connectivity index (χ3v) is 2.59. The number of hydrogen-bond donors (Lipinski definition) is 4. The molecule has 12 heteroatoms. The Kier molecular flexibility index (Phi) is 24.4. The van der Waals surface area contributed by atoms with Gasteiger partial charge in [0, 0.05) is 30.6 Å². The van der Waals surface area contributed by atoms with Gasteiger partial charge in [-0.25, -0.2) is 14.4 Å². The first-order valence-electron chi connectivity index (χ1n) is 8.92. The van der Waals surface area contributed by atoms with Gasteiger partial charge in [-0.15, -0.1) is 0 Å². The zero-order valence-corrected chi connectivity index (χ0v) is 17.6. The highest BCUT2D eigenvalue weighted by Gasteiger charge is 2.10. The molecule has 0 atom stereocenters. The molecule has 1 rings (SSSR count). The Labute approximate surface area is 179 Å². The van der Waals surface area contributed by atoms with Crippen molar-refractivity contribution in [2.45, 2.75) is 32.6 Å². The van der Waals surface area contributed by atoms with E-state index in [1.807, 2.05) is 0 Å². The largest absolute Gasteiger partial charge is 0.481 e. The lowest BCUT2D eigenvalue weighted by molar-refractivity contribution is -0.150. The van der Waals surface area contributed by atoms with Gasteiger partial charge in [0.25, 0.3) is 0 Å². The fraction of sp³-hybridized carbons (Fsp3) is 0.526. The molecule has 0 spiro atoms. The van der Waals surface area contributed by atoms with Gasteiger partial charge in [0.2, 0.25) is 0 Å². The molecule has 178 valence electrons. The van der Waals surface area contributed by atoms with Crippen molar-refractivity contribution in [1.82, 2.24) is 0 Å². The minimum absolute atomic E-state index is 0.0278. The van der Waals surface area contributed by atoms with E-state index in [0.717, 1.165) is 12.2 Å². The molecule has 0 saturated heterocycles. The smallest absolute Gasteiger partial charge is 0.338 e. The van der Waals surface area contributed by atoms with Crippen LogP contribution < -0.4 is 0 Å². The number of aliphatic hydroxyl groups excluding tert-OH is 2. The van der Waals surface area contributed by atoms with Gasteiger partial charge in [-0.2, -0.15) is 0 Å². The van der Waals surface area contributed by atoms with E-state index in [9.17, 15) is 24.0 Å². The van der Waals surface area contributed by atoms with E-state index in [1.165, 1.54) is 7.11 Å². The van der Waals surface area contributed by atoms with Gasteiger partial charge in [0.15, 0.2) is 0 Å². The highest BCUT2D eigenvalue weighted by molar-refractivity contribution is 6.04. The second-order valence-corrected chi connectivity index (χ2v) is 5.40. The van der Waals surface area contributed by atoms with Crippen LogP contribution in [0.2, 0.25) is 0 Å². The number of aliphatic hydroxyl groups is 2. The number of carbonyl (C=O) groups excluding carboxylic acids is 3. The maximum absolute atomic E-state index is 10.2. The monoisotopic (exact) mass is 450 g/mol. The van der Waals surface area contributed by atoms with Crippen molar-refractivity contribution in [1.29, 1.82) is 0 Å². The first-order chi connectivity index (χ1) is 14.5. The number of unbranched alkanes of at least 4 members (excludes halogenated alkanes) is 1. The molecule has 0 unspecified atom stereocenters. The molecule has 0 aromatic heterocycles. The Bertz CT molecular complexity index is 559. The lowest BCUT2D eigenvalue weighted by Crippen LogP contribution is -2.03. The van der Waals surface area contributed by atoms with Gasteiger partial charge < -0.3 is 34.6 Å². The molecule has 1 aliphatic heterocycles. The number of cyclic esters (lactones) is 2. The van der Waals surface area contributed by atoms with E-state index in [0.29, 0.717) is 31.6 Å². The summed E-state index contributed by atoms with van der Waals surface area (Å²) in [7, 11) is 1.33. The van der Waals surface area contributed by atoms with Crippen LogP contribution in [0.25, 0.3) is 0 Å². The van der Waals surface area contributed by atoms with Crippen LogP contribution >= 0.6 is 0 Å². The molecule has 31 heavy (non-hydrogen) atoms. The van der Waals surface area contributed by atoms with Crippen molar-refractivity contribution in [2.24, 2.45) is 0 Å². The summed E-state index contributed by atoms with van der Waals surface area (Å²) in [6, 6.07) is 0. The van der Waals surface area contributed by atoms with Gasteiger partial charge in [0.1, 0.15) is 0 Å². The Morgan fingerprint density at radius 1 is 0.935 bits per heavy atom. The number of carboxylic acid groups (broad SMARTS) is 2. The van der Waals surface area contributed by atoms with Crippen LogP contribution in [0.15, 0.2) is 24.3 Å². The molecule has 0 aromatic rings. The molecule has 1 aliphatic rings. The van der Waals surface area contributed by atoms with Crippen molar-refractivity contribution in [3.05, 3.63) is 24.3 Å². The van der Waals surface area contributed by atoms with Gasteiger partial charge in [-0.3, -0.25) is 9.59 Å². The van der Waals surface area contributed by atoms with Crippen molar-refractivity contribution >= 4 is 29.8 Å². The average molecular weight is 450 g/mol. The lowest BCUT2D eigenvalue weighted by Gasteiger charge is -1.94. The molecule has 0 aromatic carbocycles. The standard InChI is InChI=1S/C6H10O4.C5H8O2.C4H2O3.C4H10O3/c7-5(8)3-1-2-4-6(9)10;1-4(2)5(6)7-3;5-3-1-2-4(6)7-3;5-1-3-7-4-2-6/h1-4H2,(H,7,8)(H,9,10);1H2,2-3H3;1-2H;5-6H,1-4H2. The highest BCUT2D eigenvalue weighted by atomic mass is 16.6. The quantitative estimate of drug-likeness (QED) is 0.152. The maximum Gasteiger partial charge on any atom is 0.338 e. The Balaban J connectivity index is -0.000000342. The summed E-state index contributed by atoms with van der Waals surface area (Å²) < 4.78 is 12.9. The van der Waals surface area contributed by atoms with Crippen LogP contribution in [0.5, 0.6) is 0 Å². The molecule has 0 amide bonds. The number of methoxy groups -OCH3 is 1. The molecule has 0 bridgehead atoms. The zero-order chi connectivity index (χ0) is 24.7. The van der Waals surface area contributed by atoms with Crippen LogP contribution in [0.4, 0.5) is 0 Å². The van der Waals surface area contributed by atoms with Crippen LogP contribution in [0, 0.1) is 0 Å². The van der Waals surface area contributed by atoms with Gasteiger partial charge in [0.05, 0.1) is 33.5 Å². The summed E-state index contributed by atoms with van der Waals surface area (Å²) in [4.78, 5) is 49.8. The zero-order valence-electron chi connectivity index (χ0n) is 17.6. The summed E-state index contributed by atoms with van der Waals surface area (Å²) in [6.45, 7) is 5.65. The number of rotatable bonds is 10. The molecular weight excluding hydrogens is 420 g/mol. The number of aliphatic carboxylic acids is 2. The predicted octanol–water partition coefficient (Wildman–Crippen LogP) is 0.0651. The molecule has 4 N–H and O–H groups in total. The van der Waals surface area contributed by atoms with Crippen LogP contribution in [-0.2, 0) is 38.2 Å². The topological polar surface area (TPSA) is 194 Å². The third kappa shape index (κ3) is 31.8. The van der Waals surface area contributed by atoms with E-state index >= 15 is 0 Å². The Hall–Kier alpha value is -3.09. The number of carbonyl (C=O) groups is 5. The predicted molar refractivity (Wildman–Crippen MR) is 106 cm³/mol. The van der Waals surface area contributed by atoms with Gasteiger partial charge >= 0.3 is 29.8 Å². The fourth-order valence-corrected chi connectivity index (χ4v) is 1.26.